The van der Waals surface area contributed by atoms with E-state index in [9.17, 15) is 27.6 Å². The summed E-state index contributed by atoms with van der Waals surface area (Å²) in [5, 5.41) is 9.12. The van der Waals surface area contributed by atoms with E-state index >= 15 is 0 Å². The summed E-state index contributed by atoms with van der Waals surface area (Å²) in [6, 6.07) is 33.0. The molecule has 0 aliphatic carbocycles. The van der Waals surface area contributed by atoms with Crippen molar-refractivity contribution in [3.8, 4) is 11.1 Å². The van der Waals surface area contributed by atoms with Gasteiger partial charge in [0.2, 0.25) is 5.91 Å². The lowest BCUT2D eigenvalue weighted by Gasteiger charge is -2.19. The number of anilines is 1. The Morgan fingerprint density at radius 2 is 1.48 bits per heavy atom. The Labute approximate surface area is 285 Å². The maximum Gasteiger partial charge on any atom is 0.416 e. The summed E-state index contributed by atoms with van der Waals surface area (Å²) in [7, 11) is 0. The normalized spacial score (nSPS) is 11.8. The molecule has 0 saturated carbocycles. The zero-order valence-electron chi connectivity index (χ0n) is 26.4. The maximum absolute atomic E-state index is 13.4. The zero-order chi connectivity index (χ0) is 35.1. The van der Waals surface area contributed by atoms with Gasteiger partial charge in [0.25, 0.3) is 11.8 Å². The highest BCUT2D eigenvalue weighted by Crippen LogP contribution is 2.32. The lowest BCUT2D eigenvalue weighted by Crippen LogP contribution is -2.41. The van der Waals surface area contributed by atoms with Crippen LogP contribution in [0.4, 0.5) is 19.0 Å². The van der Waals surface area contributed by atoms with Crippen LogP contribution in [0.15, 0.2) is 134 Å². The smallest absolute Gasteiger partial charge is 0.354 e. The molecule has 250 valence electrons. The summed E-state index contributed by atoms with van der Waals surface area (Å²) in [5.41, 5.74) is 2.67. The Bertz CT molecular complexity index is 2140. The second-order valence-electron chi connectivity index (χ2n) is 11.4. The minimum Gasteiger partial charge on any atom is -0.354 e. The molecule has 1 atom stereocenters. The second kappa shape index (κ2) is 14.8. The number of hydrogen-bond acceptors (Lipinski definition) is 5. The number of carbonyl (C=O) groups excluding carboxylic acids is 3. The van der Waals surface area contributed by atoms with Crippen molar-refractivity contribution >= 4 is 34.4 Å². The fourth-order valence-electron chi connectivity index (χ4n) is 5.41. The van der Waals surface area contributed by atoms with E-state index in [0.29, 0.717) is 46.1 Å². The molecular weight excluding hydrogens is 643 g/mol. The molecule has 3 N–H and O–H groups in total. The molecule has 8 nitrogen and oxygen atoms in total. The predicted molar refractivity (Wildman–Crippen MR) is 184 cm³/mol. The van der Waals surface area contributed by atoms with E-state index in [0.717, 1.165) is 17.8 Å². The summed E-state index contributed by atoms with van der Waals surface area (Å²) in [4.78, 5) is 48.8. The molecule has 11 heteroatoms. The molecule has 2 heterocycles. The molecule has 50 heavy (non-hydrogen) atoms. The van der Waals surface area contributed by atoms with Crippen molar-refractivity contribution in [2.24, 2.45) is 0 Å². The van der Waals surface area contributed by atoms with Crippen molar-refractivity contribution in [1.82, 2.24) is 20.6 Å². The third-order valence-electron chi connectivity index (χ3n) is 7.96. The molecule has 6 rings (SSSR count). The van der Waals surface area contributed by atoms with Crippen molar-refractivity contribution < 1.29 is 27.6 Å². The van der Waals surface area contributed by atoms with Crippen LogP contribution in [0.3, 0.4) is 0 Å². The van der Waals surface area contributed by atoms with Gasteiger partial charge in [0, 0.05) is 41.4 Å². The lowest BCUT2D eigenvalue weighted by atomic mass is 9.98. The van der Waals surface area contributed by atoms with Gasteiger partial charge in [0.1, 0.15) is 11.9 Å². The molecule has 3 amide bonds. The highest BCUT2D eigenvalue weighted by Gasteiger charge is 2.30. The van der Waals surface area contributed by atoms with Gasteiger partial charge < -0.3 is 16.0 Å². The van der Waals surface area contributed by atoms with Crippen LogP contribution in [0.25, 0.3) is 22.0 Å². The minimum absolute atomic E-state index is 0.244. The summed E-state index contributed by atoms with van der Waals surface area (Å²) < 4.78 is 39.2. The minimum atomic E-state index is -4.47. The molecule has 6 aromatic rings. The van der Waals surface area contributed by atoms with Gasteiger partial charge in [-0.2, -0.15) is 13.2 Å². The molecule has 4 aromatic carbocycles. The Morgan fingerprint density at radius 3 is 2.22 bits per heavy atom. The number of halogens is 3. The number of benzene rings is 4. The van der Waals surface area contributed by atoms with Crippen LogP contribution in [-0.4, -0.2) is 34.2 Å². The number of alkyl halides is 3. The van der Waals surface area contributed by atoms with Gasteiger partial charge in [-0.1, -0.05) is 66.7 Å². The van der Waals surface area contributed by atoms with Gasteiger partial charge in [-0.05, 0) is 77.4 Å². The van der Waals surface area contributed by atoms with E-state index in [1.54, 1.807) is 85.1 Å². The highest BCUT2D eigenvalue weighted by molar-refractivity contribution is 6.09. The topological polar surface area (TPSA) is 113 Å². The first-order valence-corrected chi connectivity index (χ1v) is 15.7. The van der Waals surface area contributed by atoms with Crippen LogP contribution in [0.1, 0.15) is 43.6 Å². The van der Waals surface area contributed by atoms with Crippen molar-refractivity contribution in [3.63, 3.8) is 0 Å². The van der Waals surface area contributed by atoms with Gasteiger partial charge in [-0.3, -0.25) is 19.4 Å². The third-order valence-corrected chi connectivity index (χ3v) is 7.96. The first kappa shape index (κ1) is 33.5. The standard InChI is InChI=1S/C39H30F3N5O3/c40-39(41,42)29-17-13-25(14-18-29)31-11-4-5-12-32(31)37(49)46-34-20-16-27-24-28(15-19-33(27)45-34)36(48)47-35(26-8-2-1-3-9-26)38(50)44-23-21-30-10-6-7-22-43-30/h1-20,22,24,35H,21,23H2,(H,44,50)(H,47,48)(H,45,46,49)/t35-/m0/s1. The molecule has 0 bridgehead atoms. The van der Waals surface area contributed by atoms with E-state index in [1.165, 1.54) is 12.1 Å². The van der Waals surface area contributed by atoms with Gasteiger partial charge in [0.15, 0.2) is 0 Å². The summed E-state index contributed by atoms with van der Waals surface area (Å²) in [6.45, 7) is 0.343. The monoisotopic (exact) mass is 673 g/mol. The molecule has 0 aliphatic heterocycles. The fourth-order valence-corrected chi connectivity index (χ4v) is 5.41. The molecule has 0 spiro atoms. The Kier molecular flexibility index (Phi) is 9.94. The number of fused-ring (bicyclic) bond motifs is 1. The van der Waals surface area contributed by atoms with Crippen LogP contribution in [0.2, 0.25) is 0 Å². The first-order valence-electron chi connectivity index (χ1n) is 15.7. The Morgan fingerprint density at radius 1 is 0.740 bits per heavy atom. The van der Waals surface area contributed by atoms with Crippen LogP contribution in [-0.2, 0) is 17.4 Å². The summed E-state index contributed by atoms with van der Waals surface area (Å²) in [5.74, 6) is -1.07. The van der Waals surface area contributed by atoms with Crippen molar-refractivity contribution in [2.45, 2.75) is 18.6 Å². The van der Waals surface area contributed by atoms with Gasteiger partial charge in [-0.15, -0.1) is 0 Å². The van der Waals surface area contributed by atoms with Crippen LogP contribution in [0, 0.1) is 0 Å². The average molecular weight is 674 g/mol. The van der Waals surface area contributed by atoms with Gasteiger partial charge in [0.05, 0.1) is 11.1 Å². The van der Waals surface area contributed by atoms with Crippen LogP contribution in [0.5, 0.6) is 0 Å². The molecule has 0 unspecified atom stereocenters. The zero-order valence-corrected chi connectivity index (χ0v) is 26.4. The van der Waals surface area contributed by atoms with E-state index in [-0.39, 0.29) is 17.3 Å². The van der Waals surface area contributed by atoms with Crippen molar-refractivity contribution in [1.29, 1.82) is 0 Å². The SMILES string of the molecule is O=C(N[C@H](C(=O)NCCc1ccccn1)c1ccccc1)c1ccc2nc(NC(=O)c3ccccc3-c3ccc(C(F)(F)F)cc3)ccc2c1. The highest BCUT2D eigenvalue weighted by atomic mass is 19.4. The Hall–Kier alpha value is -6.36. The van der Waals surface area contributed by atoms with E-state index < -0.39 is 29.6 Å². The molecule has 0 saturated heterocycles. The lowest BCUT2D eigenvalue weighted by molar-refractivity contribution is -0.137. The maximum atomic E-state index is 13.4. The van der Waals surface area contributed by atoms with Crippen molar-refractivity contribution in [3.05, 3.63) is 162 Å². The summed E-state index contributed by atoms with van der Waals surface area (Å²) >= 11 is 0. The molecule has 0 radical (unpaired) electrons. The van der Waals surface area contributed by atoms with Gasteiger partial charge >= 0.3 is 6.18 Å². The van der Waals surface area contributed by atoms with Gasteiger partial charge in [-0.25, -0.2) is 4.98 Å². The largest absolute Gasteiger partial charge is 0.416 e. The number of nitrogens with zero attached hydrogens (tertiary/aromatic N) is 2. The van der Waals surface area contributed by atoms with Crippen molar-refractivity contribution in [2.75, 3.05) is 11.9 Å². The number of nitrogens with one attached hydrogen (secondary N) is 3. The number of hydrogen-bond donors (Lipinski definition) is 3. The van der Waals surface area contributed by atoms with E-state index in [4.69, 9.17) is 0 Å². The molecule has 0 aliphatic rings. The number of amides is 3. The number of rotatable bonds is 10. The quantitative estimate of drug-likeness (QED) is 0.140. The fraction of sp³-hybridized carbons (Fsp3) is 0.103. The van der Waals surface area contributed by atoms with Crippen LogP contribution >= 0.6 is 0 Å². The number of pyridine rings is 2. The van der Waals surface area contributed by atoms with E-state index in [2.05, 4.69) is 25.9 Å². The molecule has 2 aromatic heterocycles. The first-order chi connectivity index (χ1) is 24.2. The average Bonchev–Trinajstić information content (AvgIpc) is 3.14. The summed E-state index contributed by atoms with van der Waals surface area (Å²) in [6.07, 6.45) is -2.24. The Balaban J connectivity index is 1.15. The molecule has 0 fully saturated rings. The molecular formula is C39H30F3N5O3. The number of carbonyl (C=O) groups is 3. The predicted octanol–water partition coefficient (Wildman–Crippen LogP) is 7.40. The van der Waals surface area contributed by atoms with Crippen LogP contribution < -0.4 is 16.0 Å². The third kappa shape index (κ3) is 8.01. The second-order valence-corrected chi connectivity index (χ2v) is 11.4. The number of aromatic nitrogens is 2. The van der Waals surface area contributed by atoms with E-state index in [1.807, 2.05) is 24.3 Å².